The van der Waals surface area contributed by atoms with Crippen molar-refractivity contribution in [3.8, 4) is 0 Å². The molecule has 2 amide bonds. The lowest BCUT2D eigenvalue weighted by atomic mass is 10.0. The summed E-state index contributed by atoms with van der Waals surface area (Å²) < 4.78 is 25.2. The number of hydrogen-bond donors (Lipinski definition) is 0. The van der Waals surface area contributed by atoms with Crippen molar-refractivity contribution in [2.45, 2.75) is 6.04 Å². The summed E-state index contributed by atoms with van der Waals surface area (Å²) in [6.45, 7) is 3.96. The molecule has 0 aromatic heterocycles. The van der Waals surface area contributed by atoms with Crippen LogP contribution in [0.15, 0.2) is 36.9 Å². The Morgan fingerprint density at radius 2 is 2.14 bits per heavy atom. The van der Waals surface area contributed by atoms with E-state index in [1.54, 1.807) is 18.2 Å². The quantitative estimate of drug-likeness (QED) is 0.786. The summed E-state index contributed by atoms with van der Waals surface area (Å²) in [6, 6.07) is 6.21. The van der Waals surface area contributed by atoms with Crippen molar-refractivity contribution in [3.05, 3.63) is 42.5 Å². The normalized spacial score (nSPS) is 20.7. The highest BCUT2D eigenvalue weighted by molar-refractivity contribution is 7.92. The highest BCUT2D eigenvalue weighted by Crippen LogP contribution is 2.43. The second-order valence-electron chi connectivity index (χ2n) is 4.86. The average Bonchev–Trinajstić information content (AvgIpc) is 2.70. The van der Waals surface area contributed by atoms with Gasteiger partial charge in [-0.25, -0.2) is 18.2 Å². The Bertz CT molecular complexity index is 703. The van der Waals surface area contributed by atoms with E-state index in [1.807, 2.05) is 6.07 Å². The average molecular weight is 309 g/mol. The standard InChI is InChI=1S/C13H15N3O4S/c1-3-8-20-15-12-9-14(13(15)17)16(21(2,18)19)11-7-5-4-6-10(11)12/h3-7,12H,1,8-9H2,2H3. The Morgan fingerprint density at radius 1 is 1.43 bits per heavy atom. The topological polar surface area (TPSA) is 70.2 Å². The number of hydroxylamine groups is 2. The summed E-state index contributed by atoms with van der Waals surface area (Å²) in [7, 11) is -3.61. The lowest BCUT2D eigenvalue weighted by molar-refractivity contribution is -0.118. The molecule has 21 heavy (non-hydrogen) atoms. The SMILES string of the molecule is C=CCON1C(=O)N2CC1c1ccccc1N2S(C)(=O)=O. The van der Waals surface area contributed by atoms with Crippen molar-refractivity contribution < 1.29 is 18.0 Å². The van der Waals surface area contributed by atoms with E-state index in [9.17, 15) is 13.2 Å². The van der Waals surface area contributed by atoms with Crippen LogP contribution in [0.4, 0.5) is 10.5 Å². The number of anilines is 1. The van der Waals surface area contributed by atoms with Crippen LogP contribution in [0.2, 0.25) is 0 Å². The van der Waals surface area contributed by atoms with Gasteiger partial charge in [-0.15, -0.1) is 6.58 Å². The van der Waals surface area contributed by atoms with Gasteiger partial charge in [-0.2, -0.15) is 9.48 Å². The lowest BCUT2D eigenvalue weighted by Crippen LogP contribution is -2.49. The predicted molar refractivity (Wildman–Crippen MR) is 76.6 cm³/mol. The summed E-state index contributed by atoms with van der Waals surface area (Å²) in [5.74, 6) is 0. The third kappa shape index (κ3) is 2.07. The summed E-state index contributed by atoms with van der Waals surface area (Å²) in [5.41, 5.74) is 1.23. The molecule has 3 rings (SSSR count). The van der Waals surface area contributed by atoms with Crippen LogP contribution in [0.5, 0.6) is 0 Å². The van der Waals surface area contributed by atoms with Crippen LogP contribution in [-0.2, 0) is 14.9 Å². The molecule has 1 atom stereocenters. The van der Waals surface area contributed by atoms with Crippen LogP contribution in [0.3, 0.4) is 0 Å². The van der Waals surface area contributed by atoms with Gasteiger partial charge in [-0.05, 0) is 6.07 Å². The molecule has 1 unspecified atom stereocenters. The van der Waals surface area contributed by atoms with Gasteiger partial charge in [0.05, 0.1) is 25.1 Å². The number of carbonyl (C=O) groups excluding carboxylic acids is 1. The number of benzene rings is 1. The molecule has 2 aliphatic rings. The summed E-state index contributed by atoms with van der Waals surface area (Å²) in [5, 5.41) is 2.40. The van der Waals surface area contributed by atoms with Crippen LogP contribution in [0.1, 0.15) is 11.6 Å². The van der Waals surface area contributed by atoms with E-state index >= 15 is 0 Å². The zero-order chi connectivity index (χ0) is 15.2. The molecule has 1 aromatic carbocycles. The fraction of sp³-hybridized carbons (Fsp3) is 0.308. The number of amides is 2. The molecule has 0 radical (unpaired) electrons. The molecule has 0 N–H and O–H groups in total. The summed E-state index contributed by atoms with van der Waals surface area (Å²) in [4.78, 5) is 17.8. The molecule has 0 saturated carbocycles. The van der Waals surface area contributed by atoms with Crippen LogP contribution >= 0.6 is 0 Å². The van der Waals surface area contributed by atoms with Crippen molar-refractivity contribution >= 4 is 21.7 Å². The van der Waals surface area contributed by atoms with Crippen LogP contribution in [0.25, 0.3) is 0 Å². The van der Waals surface area contributed by atoms with Gasteiger partial charge in [-0.3, -0.25) is 4.84 Å². The van der Waals surface area contributed by atoms with E-state index < -0.39 is 16.1 Å². The minimum absolute atomic E-state index is 0.178. The molecule has 2 heterocycles. The number of carbonyl (C=O) groups is 1. The second kappa shape index (κ2) is 4.74. The van der Waals surface area contributed by atoms with Crippen LogP contribution in [0, 0.1) is 0 Å². The van der Waals surface area contributed by atoms with E-state index in [2.05, 4.69) is 6.58 Å². The van der Waals surface area contributed by atoms with Crippen LogP contribution in [-0.4, -0.2) is 43.9 Å². The van der Waals surface area contributed by atoms with Crippen molar-refractivity contribution in [2.75, 3.05) is 23.8 Å². The Kier molecular flexibility index (Phi) is 3.14. The Balaban J connectivity index is 2.12. The number of sulfonamides is 1. The first-order valence-electron chi connectivity index (χ1n) is 6.39. The van der Waals surface area contributed by atoms with E-state index in [4.69, 9.17) is 4.84 Å². The highest BCUT2D eigenvalue weighted by Gasteiger charge is 2.50. The minimum atomic E-state index is -3.61. The molecular weight excluding hydrogens is 294 g/mol. The molecule has 1 aromatic rings. The maximum absolute atomic E-state index is 12.4. The van der Waals surface area contributed by atoms with Gasteiger partial charge in [0.25, 0.3) is 0 Å². The van der Waals surface area contributed by atoms with Crippen molar-refractivity contribution in [3.63, 3.8) is 0 Å². The number of rotatable bonds is 4. The van der Waals surface area contributed by atoms with Crippen molar-refractivity contribution in [2.24, 2.45) is 0 Å². The monoisotopic (exact) mass is 309 g/mol. The maximum Gasteiger partial charge on any atom is 0.364 e. The van der Waals surface area contributed by atoms with Gasteiger partial charge in [-0.1, -0.05) is 24.3 Å². The number of nitrogens with zero attached hydrogens (tertiary/aromatic N) is 3. The van der Waals surface area contributed by atoms with Gasteiger partial charge in [0.2, 0.25) is 10.0 Å². The predicted octanol–water partition coefficient (Wildman–Crippen LogP) is 1.28. The molecule has 112 valence electrons. The molecule has 8 heteroatoms. The number of hydrogen-bond acceptors (Lipinski definition) is 4. The first-order valence-corrected chi connectivity index (χ1v) is 8.23. The molecule has 0 spiro atoms. The van der Waals surface area contributed by atoms with E-state index in [-0.39, 0.29) is 19.2 Å². The molecule has 2 aliphatic heterocycles. The summed E-state index contributed by atoms with van der Waals surface area (Å²) >= 11 is 0. The van der Waals surface area contributed by atoms with Crippen molar-refractivity contribution in [1.29, 1.82) is 0 Å². The Hall–Kier alpha value is -2.06. The van der Waals surface area contributed by atoms with E-state index in [1.165, 1.54) is 16.1 Å². The van der Waals surface area contributed by atoms with Crippen LogP contribution < -0.4 is 4.41 Å². The number of fused-ring (bicyclic) bond motifs is 4. The first kappa shape index (κ1) is 13.9. The zero-order valence-corrected chi connectivity index (χ0v) is 12.3. The lowest BCUT2D eigenvalue weighted by Gasteiger charge is -2.34. The molecule has 7 nitrogen and oxygen atoms in total. The number of hydrazine groups is 1. The van der Waals surface area contributed by atoms with Gasteiger partial charge >= 0.3 is 6.03 Å². The fourth-order valence-electron chi connectivity index (χ4n) is 2.65. The Labute approximate surface area is 123 Å². The van der Waals surface area contributed by atoms with Gasteiger partial charge in [0.15, 0.2) is 0 Å². The number of para-hydroxylation sites is 1. The highest BCUT2D eigenvalue weighted by atomic mass is 32.2. The molecule has 1 saturated heterocycles. The number of urea groups is 1. The maximum atomic E-state index is 12.4. The van der Waals surface area contributed by atoms with Crippen molar-refractivity contribution in [1.82, 2.24) is 10.1 Å². The van der Waals surface area contributed by atoms with E-state index in [0.29, 0.717) is 5.69 Å². The second-order valence-corrected chi connectivity index (χ2v) is 6.67. The minimum Gasteiger partial charge on any atom is -0.265 e. The van der Waals surface area contributed by atoms with Gasteiger partial charge < -0.3 is 0 Å². The van der Waals surface area contributed by atoms with Gasteiger partial charge in [0.1, 0.15) is 6.04 Å². The summed E-state index contributed by atoms with van der Waals surface area (Å²) in [6.07, 6.45) is 2.61. The fourth-order valence-corrected chi connectivity index (χ4v) is 3.67. The van der Waals surface area contributed by atoms with E-state index in [0.717, 1.165) is 16.2 Å². The third-order valence-corrected chi connectivity index (χ3v) is 4.43. The first-order chi connectivity index (χ1) is 9.95. The molecule has 1 fully saturated rings. The largest absolute Gasteiger partial charge is 0.364 e. The smallest absolute Gasteiger partial charge is 0.265 e. The van der Waals surface area contributed by atoms with Gasteiger partial charge in [0, 0.05) is 5.56 Å². The Morgan fingerprint density at radius 3 is 2.81 bits per heavy atom. The third-order valence-electron chi connectivity index (χ3n) is 3.41. The zero-order valence-electron chi connectivity index (χ0n) is 11.5. The molecule has 2 bridgehead atoms. The molecule has 0 aliphatic carbocycles. The molecular formula is C13H15N3O4S.